The Kier molecular flexibility index (Phi) is 7.86. The quantitative estimate of drug-likeness (QED) is 0.598. The maximum absolute atomic E-state index is 11.6. The smallest absolute Gasteiger partial charge is 0.222 e. The van der Waals surface area contributed by atoms with E-state index < -0.39 is 0 Å². The zero-order chi connectivity index (χ0) is 12.6. The van der Waals surface area contributed by atoms with Crippen LogP contribution in [-0.4, -0.2) is 30.2 Å². The van der Waals surface area contributed by atoms with Gasteiger partial charge in [-0.25, -0.2) is 0 Å². The Morgan fingerprint density at radius 1 is 1.12 bits per heavy atom. The maximum Gasteiger partial charge on any atom is 0.222 e. The number of hydrogen-bond donors (Lipinski definition) is 0. The topological polar surface area (TPSA) is 37.4 Å². The molecule has 0 saturated carbocycles. The number of ketones is 1. The number of unbranched alkanes of at least 4 members (excludes halogenated alkanes) is 1. The van der Waals surface area contributed by atoms with Gasteiger partial charge in [-0.1, -0.05) is 20.8 Å². The molecule has 0 aromatic rings. The lowest BCUT2D eigenvalue weighted by molar-refractivity contribution is -0.130. The van der Waals surface area contributed by atoms with Crippen LogP contribution in [0, 0.1) is 5.92 Å². The van der Waals surface area contributed by atoms with Crippen molar-refractivity contribution in [3.63, 3.8) is 0 Å². The average molecular weight is 227 g/mol. The Balaban J connectivity index is 3.59. The van der Waals surface area contributed by atoms with E-state index >= 15 is 0 Å². The fourth-order valence-corrected chi connectivity index (χ4v) is 1.52. The van der Waals surface area contributed by atoms with Crippen LogP contribution in [0.25, 0.3) is 0 Å². The van der Waals surface area contributed by atoms with E-state index in [1.807, 2.05) is 20.9 Å². The van der Waals surface area contributed by atoms with E-state index in [9.17, 15) is 9.59 Å². The number of amides is 1. The third-order valence-electron chi connectivity index (χ3n) is 2.69. The van der Waals surface area contributed by atoms with Gasteiger partial charge in [0.05, 0.1) is 0 Å². The standard InChI is InChI=1S/C13H25NO2/c1-5-10-14(4)13(16)9-7-6-8-12(15)11(2)3/h11H,5-10H2,1-4H3. The predicted molar refractivity (Wildman–Crippen MR) is 66.2 cm³/mol. The molecule has 0 radical (unpaired) electrons. The Bertz CT molecular complexity index is 224. The zero-order valence-corrected chi connectivity index (χ0v) is 11.1. The molecule has 0 fully saturated rings. The number of carbonyl (C=O) groups is 2. The molecule has 0 aliphatic heterocycles. The molecule has 0 saturated heterocycles. The molecule has 0 aromatic carbocycles. The molecule has 0 unspecified atom stereocenters. The average Bonchev–Trinajstić information content (AvgIpc) is 2.23. The fraction of sp³-hybridized carbons (Fsp3) is 0.846. The van der Waals surface area contributed by atoms with Gasteiger partial charge >= 0.3 is 0 Å². The van der Waals surface area contributed by atoms with Gasteiger partial charge in [0, 0.05) is 32.4 Å². The highest BCUT2D eigenvalue weighted by Crippen LogP contribution is 2.07. The van der Waals surface area contributed by atoms with Crippen LogP contribution in [0.15, 0.2) is 0 Å². The number of nitrogens with zero attached hydrogens (tertiary/aromatic N) is 1. The van der Waals surface area contributed by atoms with Gasteiger partial charge in [-0.15, -0.1) is 0 Å². The van der Waals surface area contributed by atoms with Crippen molar-refractivity contribution in [3.8, 4) is 0 Å². The summed E-state index contributed by atoms with van der Waals surface area (Å²) < 4.78 is 0. The molecule has 0 bridgehead atoms. The number of carbonyl (C=O) groups excluding carboxylic acids is 2. The molecule has 0 aliphatic carbocycles. The van der Waals surface area contributed by atoms with Gasteiger partial charge < -0.3 is 4.90 Å². The highest BCUT2D eigenvalue weighted by molar-refractivity contribution is 5.80. The molecule has 94 valence electrons. The second-order valence-electron chi connectivity index (χ2n) is 4.64. The van der Waals surface area contributed by atoms with Crippen molar-refractivity contribution < 1.29 is 9.59 Å². The van der Waals surface area contributed by atoms with E-state index in [2.05, 4.69) is 6.92 Å². The summed E-state index contributed by atoms with van der Waals surface area (Å²) in [5, 5.41) is 0. The van der Waals surface area contributed by atoms with Gasteiger partial charge in [0.25, 0.3) is 0 Å². The molecule has 0 aliphatic rings. The van der Waals surface area contributed by atoms with Crippen LogP contribution in [0.1, 0.15) is 52.9 Å². The predicted octanol–water partition coefficient (Wildman–Crippen LogP) is 2.64. The fourth-order valence-electron chi connectivity index (χ4n) is 1.52. The van der Waals surface area contributed by atoms with Gasteiger partial charge in [0.1, 0.15) is 5.78 Å². The van der Waals surface area contributed by atoms with Crippen molar-refractivity contribution in [3.05, 3.63) is 0 Å². The van der Waals surface area contributed by atoms with Gasteiger partial charge in [-0.3, -0.25) is 9.59 Å². The molecule has 1 amide bonds. The summed E-state index contributed by atoms with van der Waals surface area (Å²) in [6, 6.07) is 0. The van der Waals surface area contributed by atoms with Crippen LogP contribution in [-0.2, 0) is 9.59 Å². The molecule has 0 spiro atoms. The minimum atomic E-state index is 0.124. The monoisotopic (exact) mass is 227 g/mol. The summed E-state index contributed by atoms with van der Waals surface area (Å²) in [4.78, 5) is 24.6. The zero-order valence-electron chi connectivity index (χ0n) is 11.1. The number of hydrogen-bond acceptors (Lipinski definition) is 2. The maximum atomic E-state index is 11.6. The number of Topliss-reactive ketones (excluding diaryl/α,β-unsaturated/α-hetero) is 1. The molecular formula is C13H25NO2. The minimum absolute atomic E-state index is 0.124. The summed E-state index contributed by atoms with van der Waals surface area (Å²) in [5.74, 6) is 0.617. The van der Waals surface area contributed by atoms with Crippen LogP contribution >= 0.6 is 0 Å². The normalized spacial score (nSPS) is 10.6. The van der Waals surface area contributed by atoms with Crippen molar-refractivity contribution in [2.45, 2.75) is 52.9 Å². The van der Waals surface area contributed by atoms with E-state index in [0.717, 1.165) is 25.8 Å². The molecule has 0 N–H and O–H groups in total. The highest BCUT2D eigenvalue weighted by atomic mass is 16.2. The van der Waals surface area contributed by atoms with Crippen molar-refractivity contribution in [2.75, 3.05) is 13.6 Å². The van der Waals surface area contributed by atoms with Crippen molar-refractivity contribution in [2.24, 2.45) is 5.92 Å². The van der Waals surface area contributed by atoms with Gasteiger partial charge in [-0.2, -0.15) is 0 Å². The molecule has 0 atom stereocenters. The summed E-state index contributed by atoms with van der Waals surface area (Å²) in [6.07, 6.45) is 3.84. The Morgan fingerprint density at radius 2 is 1.69 bits per heavy atom. The van der Waals surface area contributed by atoms with Crippen LogP contribution < -0.4 is 0 Å². The van der Waals surface area contributed by atoms with Crippen molar-refractivity contribution >= 4 is 11.7 Å². The molecule has 0 rings (SSSR count). The van der Waals surface area contributed by atoms with Crippen molar-refractivity contribution in [1.29, 1.82) is 0 Å². The molecular weight excluding hydrogens is 202 g/mol. The summed E-state index contributed by atoms with van der Waals surface area (Å²) in [6.45, 7) is 6.72. The Hall–Kier alpha value is -0.860. The third-order valence-corrected chi connectivity index (χ3v) is 2.69. The van der Waals surface area contributed by atoms with E-state index in [0.29, 0.717) is 18.6 Å². The summed E-state index contributed by atoms with van der Waals surface area (Å²) in [5.41, 5.74) is 0. The van der Waals surface area contributed by atoms with E-state index in [1.165, 1.54) is 0 Å². The lowest BCUT2D eigenvalue weighted by Gasteiger charge is -2.15. The Labute approximate surface area is 99.2 Å². The molecule has 0 heterocycles. The summed E-state index contributed by atoms with van der Waals surface area (Å²) in [7, 11) is 1.84. The van der Waals surface area contributed by atoms with Gasteiger partial charge in [0.2, 0.25) is 5.91 Å². The van der Waals surface area contributed by atoms with Crippen LogP contribution in [0.4, 0.5) is 0 Å². The molecule has 3 heteroatoms. The Morgan fingerprint density at radius 3 is 2.19 bits per heavy atom. The van der Waals surface area contributed by atoms with Crippen LogP contribution in [0.3, 0.4) is 0 Å². The lowest BCUT2D eigenvalue weighted by atomic mass is 10.0. The van der Waals surface area contributed by atoms with E-state index in [1.54, 1.807) is 4.90 Å². The van der Waals surface area contributed by atoms with Gasteiger partial charge in [0.15, 0.2) is 0 Å². The highest BCUT2D eigenvalue weighted by Gasteiger charge is 2.09. The van der Waals surface area contributed by atoms with E-state index in [4.69, 9.17) is 0 Å². The largest absolute Gasteiger partial charge is 0.346 e. The van der Waals surface area contributed by atoms with Crippen molar-refractivity contribution in [1.82, 2.24) is 4.90 Å². The second-order valence-corrected chi connectivity index (χ2v) is 4.64. The van der Waals surface area contributed by atoms with Gasteiger partial charge in [-0.05, 0) is 19.3 Å². The second kappa shape index (κ2) is 8.31. The third kappa shape index (κ3) is 6.59. The first kappa shape index (κ1) is 15.1. The summed E-state index contributed by atoms with van der Waals surface area (Å²) >= 11 is 0. The SMILES string of the molecule is CCCN(C)C(=O)CCCCC(=O)C(C)C. The first-order valence-electron chi connectivity index (χ1n) is 6.25. The van der Waals surface area contributed by atoms with Crippen LogP contribution in [0.2, 0.25) is 0 Å². The molecule has 0 aromatic heterocycles. The first-order valence-corrected chi connectivity index (χ1v) is 6.25. The molecule has 3 nitrogen and oxygen atoms in total. The molecule has 16 heavy (non-hydrogen) atoms. The lowest BCUT2D eigenvalue weighted by Crippen LogP contribution is -2.27. The minimum Gasteiger partial charge on any atom is -0.346 e. The van der Waals surface area contributed by atoms with E-state index in [-0.39, 0.29) is 11.8 Å². The van der Waals surface area contributed by atoms with Crippen LogP contribution in [0.5, 0.6) is 0 Å². The first-order chi connectivity index (χ1) is 7.49. The number of rotatable bonds is 8.